The largest absolute Gasteiger partial charge is 0.279 e. The lowest BCUT2D eigenvalue weighted by Gasteiger charge is -2.30. The highest BCUT2D eigenvalue weighted by Crippen LogP contribution is 2.33. The molecule has 9 heteroatoms. The van der Waals surface area contributed by atoms with Crippen LogP contribution in [0.4, 0.5) is 5.13 Å². The number of nitrogens with zero attached hydrogens (tertiary/aromatic N) is 4. The van der Waals surface area contributed by atoms with Crippen LogP contribution in [0, 0.1) is 13.8 Å². The molecule has 0 N–H and O–H groups in total. The molecule has 198 valence electrons. The van der Waals surface area contributed by atoms with Gasteiger partial charge in [-0.3, -0.25) is 14.7 Å². The molecular weight excluding hydrogens is 516 g/mol. The summed E-state index contributed by atoms with van der Waals surface area (Å²) in [5.74, 6) is -0.245. The minimum atomic E-state index is -3.64. The molecule has 2 heterocycles. The third kappa shape index (κ3) is 5.36. The first kappa shape index (κ1) is 26.5. The van der Waals surface area contributed by atoms with Gasteiger partial charge in [-0.2, -0.15) is 4.31 Å². The van der Waals surface area contributed by atoms with Crippen molar-refractivity contribution in [3.63, 3.8) is 0 Å². The first-order valence-electron chi connectivity index (χ1n) is 12.9. The first-order chi connectivity index (χ1) is 18.2. The van der Waals surface area contributed by atoms with Crippen LogP contribution in [0.1, 0.15) is 59.2 Å². The van der Waals surface area contributed by atoms with E-state index in [0.29, 0.717) is 17.2 Å². The molecule has 1 amide bonds. The highest BCUT2D eigenvalue weighted by atomic mass is 32.2. The summed E-state index contributed by atoms with van der Waals surface area (Å²) in [6.45, 7) is 4.41. The van der Waals surface area contributed by atoms with Crippen molar-refractivity contribution >= 4 is 42.6 Å². The summed E-state index contributed by atoms with van der Waals surface area (Å²) in [6.07, 6.45) is 8.46. The maximum Gasteiger partial charge on any atom is 0.260 e. The molecule has 1 aliphatic rings. The molecule has 0 radical (unpaired) electrons. The number of hydrogen-bond donors (Lipinski definition) is 0. The van der Waals surface area contributed by atoms with Crippen molar-refractivity contribution in [2.45, 2.75) is 63.4 Å². The maximum atomic E-state index is 13.8. The van der Waals surface area contributed by atoms with Crippen molar-refractivity contribution in [2.75, 3.05) is 11.9 Å². The molecule has 4 aromatic rings. The topological polar surface area (TPSA) is 83.5 Å². The number of thiazole rings is 1. The predicted molar refractivity (Wildman–Crippen MR) is 152 cm³/mol. The lowest BCUT2D eigenvalue weighted by molar-refractivity contribution is 0.0985. The van der Waals surface area contributed by atoms with Gasteiger partial charge in [0.1, 0.15) is 0 Å². The Balaban J connectivity index is 1.45. The van der Waals surface area contributed by atoms with Gasteiger partial charge in [-0.1, -0.05) is 36.7 Å². The second-order valence-electron chi connectivity index (χ2n) is 9.99. The summed E-state index contributed by atoms with van der Waals surface area (Å²) in [6, 6.07) is 14.2. The second kappa shape index (κ2) is 10.9. The number of carbonyl (C=O) groups is 1. The molecule has 1 fully saturated rings. The van der Waals surface area contributed by atoms with Crippen LogP contribution in [0.2, 0.25) is 0 Å². The normalized spacial score (nSPS) is 14.7. The summed E-state index contributed by atoms with van der Waals surface area (Å²) >= 11 is 1.47. The minimum absolute atomic E-state index is 0.0244. The summed E-state index contributed by atoms with van der Waals surface area (Å²) in [7, 11) is -1.97. The average molecular weight is 549 g/mol. The molecule has 0 aliphatic heterocycles. The van der Waals surface area contributed by atoms with Gasteiger partial charge in [0.2, 0.25) is 10.0 Å². The van der Waals surface area contributed by atoms with Crippen molar-refractivity contribution in [1.82, 2.24) is 14.3 Å². The van der Waals surface area contributed by atoms with Gasteiger partial charge in [-0.15, -0.1) is 0 Å². The molecule has 0 atom stereocenters. The van der Waals surface area contributed by atoms with Gasteiger partial charge in [0.05, 0.1) is 21.7 Å². The quantitative estimate of drug-likeness (QED) is 0.278. The second-order valence-corrected chi connectivity index (χ2v) is 13.0. The van der Waals surface area contributed by atoms with Crippen molar-refractivity contribution in [1.29, 1.82) is 0 Å². The Morgan fingerprint density at radius 2 is 1.74 bits per heavy atom. The Labute approximate surface area is 228 Å². The zero-order valence-corrected chi connectivity index (χ0v) is 23.6. The van der Waals surface area contributed by atoms with E-state index in [1.807, 2.05) is 25.1 Å². The Bertz CT molecular complexity index is 1510. The first-order valence-corrected chi connectivity index (χ1v) is 15.2. The molecule has 7 nitrogen and oxygen atoms in total. The van der Waals surface area contributed by atoms with Gasteiger partial charge in [0.25, 0.3) is 5.91 Å². The molecular formula is C29H32N4O3S2. The van der Waals surface area contributed by atoms with Crippen LogP contribution in [0.25, 0.3) is 10.2 Å². The van der Waals surface area contributed by atoms with Crippen LogP contribution in [0.15, 0.2) is 65.8 Å². The van der Waals surface area contributed by atoms with E-state index in [0.717, 1.165) is 53.4 Å². The van der Waals surface area contributed by atoms with E-state index >= 15 is 0 Å². The summed E-state index contributed by atoms with van der Waals surface area (Å²) in [5.41, 5.74) is 4.45. The lowest BCUT2D eigenvalue weighted by Crippen LogP contribution is -2.38. The van der Waals surface area contributed by atoms with E-state index in [1.54, 1.807) is 36.5 Å². The van der Waals surface area contributed by atoms with Crippen LogP contribution in [-0.2, 0) is 16.6 Å². The van der Waals surface area contributed by atoms with Gasteiger partial charge in [0, 0.05) is 31.0 Å². The number of aryl methyl sites for hydroxylation is 2. The van der Waals surface area contributed by atoms with Crippen LogP contribution < -0.4 is 4.90 Å². The van der Waals surface area contributed by atoms with E-state index < -0.39 is 10.0 Å². The number of rotatable bonds is 7. The van der Waals surface area contributed by atoms with E-state index in [9.17, 15) is 13.2 Å². The average Bonchev–Trinajstić information content (AvgIpc) is 3.34. The number of amides is 1. The fourth-order valence-electron chi connectivity index (χ4n) is 4.92. The Morgan fingerprint density at radius 1 is 1.03 bits per heavy atom. The van der Waals surface area contributed by atoms with Gasteiger partial charge in [0.15, 0.2) is 5.13 Å². The molecule has 1 aliphatic carbocycles. The van der Waals surface area contributed by atoms with E-state index in [-0.39, 0.29) is 16.8 Å². The van der Waals surface area contributed by atoms with Crippen LogP contribution in [0.5, 0.6) is 0 Å². The summed E-state index contributed by atoms with van der Waals surface area (Å²) in [4.78, 5) is 24.6. The minimum Gasteiger partial charge on any atom is -0.279 e. The molecule has 0 bridgehead atoms. The van der Waals surface area contributed by atoms with Crippen molar-refractivity contribution in [3.8, 4) is 0 Å². The Morgan fingerprint density at radius 3 is 2.42 bits per heavy atom. The molecule has 0 unspecified atom stereocenters. The van der Waals surface area contributed by atoms with Gasteiger partial charge in [-0.05, 0) is 85.8 Å². The Hall–Kier alpha value is -3.14. The van der Waals surface area contributed by atoms with Crippen LogP contribution in [0.3, 0.4) is 0 Å². The number of carbonyl (C=O) groups excluding carboxylic acids is 1. The zero-order chi connectivity index (χ0) is 26.9. The third-order valence-corrected chi connectivity index (χ3v) is 10.4. The predicted octanol–water partition coefficient (Wildman–Crippen LogP) is 6.11. The molecule has 0 spiro atoms. The van der Waals surface area contributed by atoms with Crippen molar-refractivity contribution in [2.24, 2.45) is 0 Å². The highest BCUT2D eigenvalue weighted by molar-refractivity contribution is 7.89. The number of fused-ring (bicyclic) bond motifs is 1. The number of aromatic nitrogens is 2. The molecule has 0 saturated heterocycles. The van der Waals surface area contributed by atoms with Crippen molar-refractivity contribution < 1.29 is 13.2 Å². The Kier molecular flexibility index (Phi) is 7.61. The summed E-state index contributed by atoms with van der Waals surface area (Å²) in [5, 5.41) is 0.590. The number of benzene rings is 2. The fraction of sp³-hybridized carbons (Fsp3) is 0.345. The molecule has 1 saturated carbocycles. The number of sulfonamides is 1. The number of anilines is 1. The third-order valence-electron chi connectivity index (χ3n) is 7.40. The van der Waals surface area contributed by atoms with Crippen molar-refractivity contribution in [3.05, 3.63) is 83.2 Å². The van der Waals surface area contributed by atoms with E-state index in [2.05, 4.69) is 18.0 Å². The van der Waals surface area contributed by atoms with Crippen LogP contribution >= 0.6 is 11.3 Å². The lowest BCUT2D eigenvalue weighted by atomic mass is 9.96. The molecule has 38 heavy (non-hydrogen) atoms. The molecule has 2 aromatic heterocycles. The van der Waals surface area contributed by atoms with Gasteiger partial charge in [-0.25, -0.2) is 13.4 Å². The smallest absolute Gasteiger partial charge is 0.260 e. The van der Waals surface area contributed by atoms with Gasteiger partial charge < -0.3 is 0 Å². The summed E-state index contributed by atoms with van der Waals surface area (Å²) < 4.78 is 29.1. The van der Waals surface area contributed by atoms with Crippen LogP contribution in [-0.4, -0.2) is 41.7 Å². The zero-order valence-electron chi connectivity index (χ0n) is 21.9. The molecule has 5 rings (SSSR count). The molecule has 2 aromatic carbocycles. The SMILES string of the molecule is Cc1cc2nc(N(Cc3cccnc3)C(=O)c3ccc(S(=O)(=O)N(C)C4CCCCC4)cc3)sc2cc1C. The maximum absolute atomic E-state index is 13.8. The van der Waals surface area contributed by atoms with E-state index in [1.165, 1.54) is 33.3 Å². The van der Waals surface area contributed by atoms with Gasteiger partial charge >= 0.3 is 0 Å². The fourth-order valence-corrected chi connectivity index (χ4v) is 7.38. The number of pyridine rings is 1. The highest BCUT2D eigenvalue weighted by Gasteiger charge is 2.29. The van der Waals surface area contributed by atoms with E-state index in [4.69, 9.17) is 4.98 Å². The monoisotopic (exact) mass is 548 g/mol. The number of hydrogen-bond acceptors (Lipinski definition) is 6. The standard InChI is InChI=1S/C29H32N4O3S2/c1-20-16-26-27(17-21(20)2)37-29(31-26)33(19-22-8-7-15-30-18-22)28(34)23-11-13-25(14-12-23)38(35,36)32(3)24-9-5-4-6-10-24/h7-8,11-18,24H,4-6,9-10,19H2,1-3H3.